The van der Waals surface area contributed by atoms with Gasteiger partial charge >= 0.3 is 0 Å². The first kappa shape index (κ1) is 15.0. The summed E-state index contributed by atoms with van der Waals surface area (Å²) in [6.07, 6.45) is 1.61. The number of aliphatic hydroxyl groups excluding tert-OH is 1. The van der Waals surface area contributed by atoms with E-state index in [-0.39, 0.29) is 17.8 Å². The summed E-state index contributed by atoms with van der Waals surface area (Å²) in [6, 6.07) is 0. The van der Waals surface area contributed by atoms with Crippen LogP contribution < -0.4 is 5.32 Å². The second-order valence-corrected chi connectivity index (χ2v) is 5.10. The predicted octanol–water partition coefficient (Wildman–Crippen LogP) is 0.156. The molecule has 0 aliphatic rings. The van der Waals surface area contributed by atoms with Gasteiger partial charge in [-0.1, -0.05) is 11.8 Å². The topological polar surface area (TPSA) is 76.4 Å². The maximum Gasteiger partial charge on any atom is 0.233 e. The predicted molar refractivity (Wildman–Crippen MR) is 69.3 cm³/mol. The highest BCUT2D eigenvalue weighted by molar-refractivity contribution is 8.00. The smallest absolute Gasteiger partial charge is 0.233 e. The van der Waals surface area contributed by atoms with E-state index in [0.717, 1.165) is 5.69 Å². The fraction of sp³-hybridized carbons (Fsp3) is 0.636. The van der Waals surface area contributed by atoms with Crippen molar-refractivity contribution in [1.29, 1.82) is 0 Å². The van der Waals surface area contributed by atoms with Crippen molar-refractivity contribution in [2.45, 2.75) is 23.9 Å². The zero-order valence-corrected chi connectivity index (χ0v) is 11.7. The van der Waals surface area contributed by atoms with Crippen LogP contribution in [0.5, 0.6) is 0 Å². The average molecular weight is 273 g/mol. The van der Waals surface area contributed by atoms with E-state index in [9.17, 15) is 4.79 Å². The first-order valence-corrected chi connectivity index (χ1v) is 6.52. The van der Waals surface area contributed by atoms with Crippen molar-refractivity contribution in [3.63, 3.8) is 0 Å². The Morgan fingerprint density at radius 2 is 2.44 bits per heavy atom. The van der Waals surface area contributed by atoms with E-state index in [4.69, 9.17) is 9.84 Å². The number of carbonyl (C=O) groups excluding carboxylic acids is 1. The van der Waals surface area contributed by atoms with Gasteiger partial charge in [0, 0.05) is 20.7 Å². The molecular formula is C11H19N3O3S. The number of thioether (sulfide) groups is 1. The van der Waals surface area contributed by atoms with Crippen LogP contribution in [-0.2, 0) is 23.2 Å². The van der Waals surface area contributed by atoms with Crippen molar-refractivity contribution in [2.24, 2.45) is 7.05 Å². The molecule has 102 valence electrons. The fourth-order valence-corrected chi connectivity index (χ4v) is 2.21. The molecule has 0 fully saturated rings. The van der Waals surface area contributed by atoms with Gasteiger partial charge < -0.3 is 19.7 Å². The summed E-state index contributed by atoms with van der Waals surface area (Å²) in [4.78, 5) is 15.9. The third kappa shape index (κ3) is 4.01. The molecule has 1 amide bonds. The van der Waals surface area contributed by atoms with Crippen molar-refractivity contribution in [2.75, 3.05) is 20.3 Å². The van der Waals surface area contributed by atoms with Crippen LogP contribution in [0.1, 0.15) is 12.6 Å². The van der Waals surface area contributed by atoms with Crippen LogP contribution in [0.2, 0.25) is 0 Å². The third-order valence-electron chi connectivity index (χ3n) is 2.46. The normalized spacial score (nSPS) is 12.4. The molecule has 0 bridgehead atoms. The first-order chi connectivity index (χ1) is 8.60. The number of hydrogen-bond acceptors (Lipinski definition) is 5. The van der Waals surface area contributed by atoms with Crippen molar-refractivity contribution >= 4 is 17.7 Å². The SMILES string of the molecule is COCCNC(=O)C(C)Sc1ncc(CO)n1C. The molecule has 2 N–H and O–H groups in total. The van der Waals surface area contributed by atoms with Gasteiger partial charge in [-0.15, -0.1) is 0 Å². The summed E-state index contributed by atoms with van der Waals surface area (Å²) in [5.74, 6) is -0.0504. The van der Waals surface area contributed by atoms with Gasteiger partial charge in [-0.3, -0.25) is 4.79 Å². The largest absolute Gasteiger partial charge is 0.390 e. The molecule has 0 aliphatic carbocycles. The number of aliphatic hydroxyl groups is 1. The number of aromatic nitrogens is 2. The Morgan fingerprint density at radius 3 is 3.00 bits per heavy atom. The van der Waals surface area contributed by atoms with Crippen LogP contribution in [0.15, 0.2) is 11.4 Å². The molecule has 18 heavy (non-hydrogen) atoms. The number of hydrogen-bond donors (Lipinski definition) is 2. The van der Waals surface area contributed by atoms with Crippen LogP contribution in [0.25, 0.3) is 0 Å². The number of amides is 1. The summed E-state index contributed by atoms with van der Waals surface area (Å²) in [5.41, 5.74) is 0.726. The Kier molecular flexibility index (Phi) is 6.17. The Morgan fingerprint density at radius 1 is 1.72 bits per heavy atom. The molecule has 0 aromatic carbocycles. The standard InChI is InChI=1S/C11H19N3O3S/c1-8(10(16)12-4-5-17-3)18-11-13-6-9(7-15)14(11)2/h6,8,15H,4-5,7H2,1-3H3,(H,12,16). The summed E-state index contributed by atoms with van der Waals surface area (Å²) >= 11 is 1.36. The Hall–Kier alpha value is -1.05. The van der Waals surface area contributed by atoms with Crippen LogP contribution in [0.3, 0.4) is 0 Å². The van der Waals surface area contributed by atoms with Gasteiger partial charge in [0.1, 0.15) is 0 Å². The Balaban J connectivity index is 2.50. The van der Waals surface area contributed by atoms with E-state index >= 15 is 0 Å². The maximum absolute atomic E-state index is 11.7. The van der Waals surface area contributed by atoms with Crippen LogP contribution in [0.4, 0.5) is 0 Å². The number of imidazole rings is 1. The highest BCUT2D eigenvalue weighted by Gasteiger charge is 2.17. The molecule has 0 radical (unpaired) electrons. The van der Waals surface area contributed by atoms with Gasteiger partial charge in [0.05, 0.1) is 30.4 Å². The van der Waals surface area contributed by atoms with Gasteiger partial charge in [-0.05, 0) is 6.92 Å². The van der Waals surface area contributed by atoms with Gasteiger partial charge in [0.15, 0.2) is 5.16 Å². The molecule has 1 unspecified atom stereocenters. The van der Waals surface area contributed by atoms with E-state index in [0.29, 0.717) is 18.3 Å². The molecule has 0 saturated heterocycles. The van der Waals surface area contributed by atoms with Crippen molar-refractivity contribution in [3.05, 3.63) is 11.9 Å². The molecule has 1 rings (SSSR count). The average Bonchev–Trinajstić information content (AvgIpc) is 2.70. The lowest BCUT2D eigenvalue weighted by Crippen LogP contribution is -2.33. The first-order valence-electron chi connectivity index (χ1n) is 5.65. The van der Waals surface area contributed by atoms with Crippen LogP contribution in [-0.4, -0.2) is 46.1 Å². The molecular weight excluding hydrogens is 254 g/mol. The molecule has 6 nitrogen and oxygen atoms in total. The quantitative estimate of drug-likeness (QED) is 0.546. The second kappa shape index (κ2) is 7.40. The van der Waals surface area contributed by atoms with Gasteiger partial charge in [0.2, 0.25) is 5.91 Å². The zero-order valence-electron chi connectivity index (χ0n) is 10.8. The monoisotopic (exact) mass is 273 g/mol. The highest BCUT2D eigenvalue weighted by atomic mass is 32.2. The van der Waals surface area contributed by atoms with Gasteiger partial charge in [-0.25, -0.2) is 4.98 Å². The minimum atomic E-state index is -0.241. The number of rotatable bonds is 7. The van der Waals surface area contributed by atoms with Crippen molar-refractivity contribution in [3.8, 4) is 0 Å². The lowest BCUT2D eigenvalue weighted by Gasteiger charge is -2.11. The molecule has 7 heteroatoms. The Bertz CT molecular complexity index is 395. The highest BCUT2D eigenvalue weighted by Crippen LogP contribution is 2.22. The van der Waals surface area contributed by atoms with Crippen LogP contribution >= 0.6 is 11.8 Å². The lowest BCUT2D eigenvalue weighted by atomic mass is 10.4. The van der Waals surface area contributed by atoms with E-state index in [1.165, 1.54) is 11.8 Å². The summed E-state index contributed by atoms with van der Waals surface area (Å²) in [6.45, 7) is 2.77. The fourth-order valence-electron chi connectivity index (χ4n) is 1.31. The molecule has 0 saturated carbocycles. The van der Waals surface area contributed by atoms with Gasteiger partial charge in [0.25, 0.3) is 0 Å². The molecule has 1 aromatic heterocycles. The number of methoxy groups -OCH3 is 1. The molecule has 0 spiro atoms. The number of carbonyl (C=O) groups is 1. The molecule has 1 heterocycles. The van der Waals surface area contributed by atoms with Gasteiger partial charge in [-0.2, -0.15) is 0 Å². The van der Waals surface area contributed by atoms with E-state index in [1.807, 2.05) is 14.0 Å². The van der Waals surface area contributed by atoms with E-state index < -0.39 is 0 Å². The van der Waals surface area contributed by atoms with E-state index in [1.54, 1.807) is 17.9 Å². The van der Waals surface area contributed by atoms with Crippen molar-refractivity contribution < 1.29 is 14.6 Å². The minimum Gasteiger partial charge on any atom is -0.390 e. The second-order valence-electron chi connectivity index (χ2n) is 3.79. The van der Waals surface area contributed by atoms with Crippen molar-refractivity contribution in [1.82, 2.24) is 14.9 Å². The molecule has 1 atom stereocenters. The third-order valence-corrected chi connectivity index (χ3v) is 3.62. The number of ether oxygens (including phenoxy) is 1. The molecule has 1 aromatic rings. The number of nitrogens with zero attached hydrogens (tertiary/aromatic N) is 2. The summed E-state index contributed by atoms with van der Waals surface area (Å²) in [5, 5.41) is 12.3. The minimum absolute atomic E-state index is 0.0504. The number of nitrogens with one attached hydrogen (secondary N) is 1. The maximum atomic E-state index is 11.7. The summed E-state index contributed by atoms with van der Waals surface area (Å²) in [7, 11) is 3.41. The van der Waals surface area contributed by atoms with E-state index in [2.05, 4.69) is 10.3 Å². The lowest BCUT2D eigenvalue weighted by molar-refractivity contribution is -0.120. The summed E-state index contributed by atoms with van der Waals surface area (Å²) < 4.78 is 6.64. The van der Waals surface area contributed by atoms with Crippen LogP contribution in [0, 0.1) is 0 Å². The Labute approximate surface area is 111 Å². The zero-order chi connectivity index (χ0) is 13.5. The molecule has 0 aliphatic heterocycles.